The average Bonchev–Trinajstić information content (AvgIpc) is 1.67. The summed E-state index contributed by atoms with van der Waals surface area (Å²) in [6.07, 6.45) is 0.603. The summed E-state index contributed by atoms with van der Waals surface area (Å²) in [5.41, 5.74) is -0.991. The highest BCUT2D eigenvalue weighted by Gasteiger charge is 1.74. The summed E-state index contributed by atoms with van der Waals surface area (Å²) in [6.45, 7) is 3.83. The van der Waals surface area contributed by atoms with Crippen LogP contribution < -0.4 is 0 Å². The van der Waals surface area contributed by atoms with E-state index in [1.807, 2.05) is 13.8 Å². The molecule has 0 aliphatic carbocycles. The van der Waals surface area contributed by atoms with E-state index in [-0.39, 0.29) is 0 Å². The third-order valence-electron chi connectivity index (χ3n) is 0.391. The van der Waals surface area contributed by atoms with E-state index in [0.717, 1.165) is 5.75 Å². The molecule has 0 aromatic rings. The molecular formula is C5H12S. The van der Waals surface area contributed by atoms with Gasteiger partial charge in [0.25, 0.3) is 0 Å². The Morgan fingerprint density at radius 1 is 1.67 bits per heavy atom. The van der Waals surface area contributed by atoms with Crippen LogP contribution in [0.15, 0.2) is 0 Å². The molecule has 0 heterocycles. The Kier molecular flexibility index (Phi) is 3.00. The van der Waals surface area contributed by atoms with Crippen molar-refractivity contribution in [2.45, 2.75) is 20.3 Å². The van der Waals surface area contributed by atoms with Gasteiger partial charge >= 0.3 is 0 Å². The lowest BCUT2D eigenvalue weighted by atomic mass is 10.6. The maximum atomic E-state index is 7.20. The Morgan fingerprint density at radius 3 is 2.50 bits per heavy atom. The van der Waals surface area contributed by atoms with Gasteiger partial charge in [-0.15, -0.1) is 0 Å². The molecule has 0 nitrogen and oxygen atoms in total. The lowest BCUT2D eigenvalue weighted by Gasteiger charge is -1.87. The molecule has 0 aliphatic heterocycles. The zero-order valence-electron chi connectivity index (χ0n) is 6.32. The third kappa shape index (κ3) is 4.35. The van der Waals surface area contributed by atoms with E-state index < -0.39 is 5.70 Å². The quantitative estimate of drug-likeness (QED) is 0.531. The topological polar surface area (TPSA) is 0 Å². The molecule has 0 aliphatic rings. The fourth-order valence-electron chi connectivity index (χ4n) is 0.204. The molecular weight excluding hydrogens is 92.1 g/mol. The van der Waals surface area contributed by atoms with Crippen LogP contribution in [0.4, 0.5) is 0 Å². The summed E-state index contributed by atoms with van der Waals surface area (Å²) < 4.78 is 14.4. The molecule has 0 saturated heterocycles. The zero-order valence-corrected chi connectivity index (χ0v) is 5.14. The van der Waals surface area contributed by atoms with Crippen LogP contribution in [-0.4, -0.2) is 11.5 Å². The van der Waals surface area contributed by atoms with Crippen molar-refractivity contribution in [3.05, 3.63) is 0 Å². The SMILES string of the molecule is [2H]C([2H])(CC)SCC. The highest BCUT2D eigenvalue weighted by atomic mass is 32.2. The summed E-state index contributed by atoms with van der Waals surface area (Å²) in [7, 11) is 0. The Hall–Kier alpha value is 0.350. The Labute approximate surface area is 47.1 Å². The minimum absolute atomic E-state index is 0.603. The molecule has 1 heteroatoms. The van der Waals surface area contributed by atoms with Crippen molar-refractivity contribution < 1.29 is 2.74 Å². The van der Waals surface area contributed by atoms with Crippen LogP contribution in [0.25, 0.3) is 0 Å². The molecule has 0 spiro atoms. The van der Waals surface area contributed by atoms with Crippen LogP contribution in [-0.2, 0) is 0 Å². The van der Waals surface area contributed by atoms with E-state index in [1.54, 1.807) is 0 Å². The van der Waals surface area contributed by atoms with Crippen molar-refractivity contribution in [2.24, 2.45) is 0 Å². The van der Waals surface area contributed by atoms with Crippen LogP contribution in [0.2, 0.25) is 0 Å². The van der Waals surface area contributed by atoms with Crippen LogP contribution in [0.1, 0.15) is 23.0 Å². The van der Waals surface area contributed by atoms with E-state index in [1.165, 1.54) is 11.8 Å². The van der Waals surface area contributed by atoms with Gasteiger partial charge < -0.3 is 0 Å². The predicted octanol–water partition coefficient (Wildman–Crippen LogP) is 2.15. The molecule has 0 fully saturated rings. The lowest BCUT2D eigenvalue weighted by molar-refractivity contribution is 1.11. The third-order valence-corrected chi connectivity index (χ3v) is 1.17. The molecule has 0 saturated carbocycles. The second kappa shape index (κ2) is 5.35. The fourth-order valence-corrected chi connectivity index (χ4v) is 0.612. The average molecular weight is 106 g/mol. The second-order valence-corrected chi connectivity index (χ2v) is 2.09. The first kappa shape index (κ1) is 3.36. The van der Waals surface area contributed by atoms with E-state index >= 15 is 0 Å². The molecule has 0 unspecified atom stereocenters. The molecule has 0 aromatic heterocycles. The van der Waals surface area contributed by atoms with Gasteiger partial charge in [0.15, 0.2) is 0 Å². The van der Waals surface area contributed by atoms with E-state index in [9.17, 15) is 0 Å². The van der Waals surface area contributed by atoms with Crippen molar-refractivity contribution >= 4 is 11.8 Å². The molecule has 0 atom stereocenters. The smallest absolute Gasteiger partial charge is 0.0380 e. The monoisotopic (exact) mass is 106 g/mol. The van der Waals surface area contributed by atoms with Gasteiger partial charge in [0.1, 0.15) is 0 Å². The van der Waals surface area contributed by atoms with Crippen LogP contribution in [0.3, 0.4) is 0 Å². The molecule has 0 amide bonds. The fraction of sp³-hybridized carbons (Fsp3) is 1.00. The van der Waals surface area contributed by atoms with Gasteiger partial charge in [0, 0.05) is 2.74 Å². The maximum absolute atomic E-state index is 7.20. The zero-order chi connectivity index (χ0) is 6.62. The number of hydrogen-bond donors (Lipinski definition) is 0. The molecule has 0 N–H and O–H groups in total. The molecule has 0 bridgehead atoms. The summed E-state index contributed by atoms with van der Waals surface area (Å²) in [6, 6.07) is 0. The van der Waals surface area contributed by atoms with Gasteiger partial charge in [-0.1, -0.05) is 13.8 Å². The largest absolute Gasteiger partial charge is 0.162 e. The molecule has 0 aromatic carbocycles. The molecule has 6 heavy (non-hydrogen) atoms. The van der Waals surface area contributed by atoms with E-state index in [0.29, 0.717) is 6.42 Å². The van der Waals surface area contributed by atoms with Gasteiger partial charge in [-0.2, -0.15) is 11.8 Å². The minimum atomic E-state index is -0.991. The minimum Gasteiger partial charge on any atom is -0.162 e. The van der Waals surface area contributed by atoms with Gasteiger partial charge in [-0.05, 0) is 17.9 Å². The number of thioether (sulfide) groups is 1. The van der Waals surface area contributed by atoms with Crippen LogP contribution in [0.5, 0.6) is 0 Å². The van der Waals surface area contributed by atoms with Crippen molar-refractivity contribution in [3.63, 3.8) is 0 Å². The molecule has 38 valence electrons. The number of hydrogen-bond acceptors (Lipinski definition) is 1. The molecule has 0 rings (SSSR count). The van der Waals surface area contributed by atoms with Gasteiger partial charge in [-0.3, -0.25) is 0 Å². The first-order valence-corrected chi connectivity index (χ1v) is 3.25. The second-order valence-electron chi connectivity index (χ2n) is 0.931. The molecule has 0 radical (unpaired) electrons. The van der Waals surface area contributed by atoms with Gasteiger partial charge in [0.05, 0.1) is 0 Å². The van der Waals surface area contributed by atoms with Crippen LogP contribution >= 0.6 is 11.8 Å². The van der Waals surface area contributed by atoms with Crippen molar-refractivity contribution in [1.82, 2.24) is 0 Å². The normalized spacial score (nSPS) is 16.3. The maximum Gasteiger partial charge on any atom is 0.0380 e. The predicted molar refractivity (Wildman–Crippen MR) is 33.3 cm³/mol. The van der Waals surface area contributed by atoms with E-state index in [4.69, 9.17) is 2.74 Å². The highest BCUT2D eigenvalue weighted by molar-refractivity contribution is 7.99. The van der Waals surface area contributed by atoms with Gasteiger partial charge in [-0.25, -0.2) is 0 Å². The van der Waals surface area contributed by atoms with Crippen molar-refractivity contribution in [1.29, 1.82) is 0 Å². The Bertz CT molecular complexity index is 63.4. The van der Waals surface area contributed by atoms with Crippen LogP contribution in [0, 0.1) is 0 Å². The first-order valence-electron chi connectivity index (χ1n) is 3.26. The van der Waals surface area contributed by atoms with E-state index in [2.05, 4.69) is 0 Å². The lowest BCUT2D eigenvalue weighted by Crippen LogP contribution is -1.71. The Balaban J connectivity index is 3.37. The van der Waals surface area contributed by atoms with Crippen molar-refractivity contribution in [2.75, 3.05) is 11.5 Å². The summed E-state index contributed by atoms with van der Waals surface area (Å²) in [5, 5.41) is 0. The summed E-state index contributed by atoms with van der Waals surface area (Å²) >= 11 is 1.37. The Morgan fingerprint density at radius 2 is 2.33 bits per heavy atom. The van der Waals surface area contributed by atoms with Crippen molar-refractivity contribution in [3.8, 4) is 0 Å². The standard InChI is InChI=1S/C5H12S/c1-3-5-6-4-2/h3-5H2,1-2H3/i5D2. The first-order chi connectivity index (χ1) is 3.62. The summed E-state index contributed by atoms with van der Waals surface area (Å²) in [5.74, 6) is 0.862. The van der Waals surface area contributed by atoms with Gasteiger partial charge in [0.2, 0.25) is 0 Å². The number of rotatable bonds is 3. The summed E-state index contributed by atoms with van der Waals surface area (Å²) in [4.78, 5) is 0. The highest BCUT2D eigenvalue weighted by Crippen LogP contribution is 1.98.